The maximum atomic E-state index is 13.6. The topological polar surface area (TPSA) is 115 Å². The Hall–Kier alpha value is -3.21. The molecule has 0 aliphatic carbocycles. The zero-order chi connectivity index (χ0) is 25.0. The Morgan fingerprint density at radius 1 is 1.17 bits per heavy atom. The monoisotopic (exact) mass is 500 g/mol. The number of methoxy groups -OCH3 is 1. The Kier molecular flexibility index (Phi) is 7.54. The van der Waals surface area contributed by atoms with E-state index in [1.54, 1.807) is 38.3 Å². The summed E-state index contributed by atoms with van der Waals surface area (Å²) >= 11 is 0. The molecule has 0 unspecified atom stereocenters. The highest BCUT2D eigenvalue weighted by Gasteiger charge is 2.30. The van der Waals surface area contributed by atoms with E-state index in [1.807, 2.05) is 0 Å². The molecular weight excluding hydrogens is 472 g/mol. The summed E-state index contributed by atoms with van der Waals surface area (Å²) in [5.74, 6) is 0.104. The molecule has 0 spiro atoms. The van der Waals surface area contributed by atoms with Crippen LogP contribution in [-0.4, -0.2) is 56.6 Å². The second-order valence-corrected chi connectivity index (χ2v) is 10.2. The van der Waals surface area contributed by atoms with Gasteiger partial charge in [-0.3, -0.25) is 4.79 Å². The number of aromatic nitrogens is 1. The van der Waals surface area contributed by atoms with Crippen molar-refractivity contribution in [3.63, 3.8) is 0 Å². The van der Waals surface area contributed by atoms with Gasteiger partial charge < -0.3 is 19.2 Å². The smallest absolute Gasteiger partial charge is 0.338 e. The maximum absolute atomic E-state index is 13.6. The molecule has 2 heterocycles. The first kappa shape index (κ1) is 24.9. The van der Waals surface area contributed by atoms with E-state index in [1.165, 1.54) is 28.6 Å². The fourth-order valence-electron chi connectivity index (χ4n) is 4.05. The normalized spacial score (nSPS) is 16.0. The second kappa shape index (κ2) is 10.6. The van der Waals surface area contributed by atoms with E-state index in [-0.39, 0.29) is 41.8 Å². The summed E-state index contributed by atoms with van der Waals surface area (Å²) in [6.45, 7) is 2.47. The van der Waals surface area contributed by atoms with Crippen molar-refractivity contribution in [1.82, 2.24) is 9.29 Å². The van der Waals surface area contributed by atoms with Gasteiger partial charge in [0.1, 0.15) is 5.75 Å². The van der Waals surface area contributed by atoms with Crippen molar-refractivity contribution in [2.24, 2.45) is 0 Å². The molecule has 186 valence electrons. The Morgan fingerprint density at radius 3 is 2.60 bits per heavy atom. The van der Waals surface area contributed by atoms with E-state index in [0.29, 0.717) is 23.4 Å². The van der Waals surface area contributed by atoms with Crippen molar-refractivity contribution < 1.29 is 27.4 Å². The van der Waals surface area contributed by atoms with E-state index >= 15 is 0 Å². The lowest BCUT2D eigenvalue weighted by atomic mass is 10.1. The summed E-state index contributed by atoms with van der Waals surface area (Å²) in [7, 11) is -2.45. The molecule has 1 N–H and O–H groups in total. The summed E-state index contributed by atoms with van der Waals surface area (Å²) in [5, 5.41) is 0.729. The van der Waals surface area contributed by atoms with Gasteiger partial charge >= 0.3 is 5.97 Å². The lowest BCUT2D eigenvalue weighted by Crippen LogP contribution is -2.38. The Bertz CT molecular complexity index is 1360. The molecule has 35 heavy (non-hydrogen) atoms. The molecule has 0 radical (unpaired) electrons. The van der Waals surface area contributed by atoms with Crippen LogP contribution in [0.1, 0.15) is 35.7 Å². The predicted octanol–water partition coefficient (Wildman–Crippen LogP) is 3.08. The molecule has 1 saturated heterocycles. The molecule has 10 heteroatoms. The lowest BCUT2D eigenvalue weighted by Gasteiger charge is -2.25. The number of ether oxygens (including phenoxy) is 3. The van der Waals surface area contributed by atoms with E-state index in [0.717, 1.165) is 18.2 Å². The summed E-state index contributed by atoms with van der Waals surface area (Å²) in [5.41, 5.74) is 0.822. The number of carbonyl (C=O) groups is 1. The average molecular weight is 501 g/mol. The number of H-pyrrole nitrogens is 1. The predicted molar refractivity (Wildman–Crippen MR) is 130 cm³/mol. The number of nitrogens with zero attached hydrogens (tertiary/aromatic N) is 1. The molecule has 4 rings (SSSR count). The van der Waals surface area contributed by atoms with Gasteiger partial charge in [-0.25, -0.2) is 13.2 Å². The maximum Gasteiger partial charge on any atom is 0.338 e. The minimum Gasteiger partial charge on any atom is -0.497 e. The largest absolute Gasteiger partial charge is 0.497 e. The summed E-state index contributed by atoms with van der Waals surface area (Å²) in [6, 6.07) is 12.5. The second-order valence-electron chi connectivity index (χ2n) is 8.25. The molecule has 1 atom stereocenters. The molecule has 3 aromatic rings. The van der Waals surface area contributed by atoms with E-state index in [4.69, 9.17) is 14.2 Å². The lowest BCUT2D eigenvalue weighted by molar-refractivity contribution is 0.0526. The van der Waals surface area contributed by atoms with Crippen molar-refractivity contribution in [2.75, 3.05) is 26.9 Å². The van der Waals surface area contributed by atoms with Crippen LogP contribution in [0.4, 0.5) is 0 Å². The molecule has 0 bridgehead atoms. The number of rotatable bonds is 9. The van der Waals surface area contributed by atoms with Crippen LogP contribution in [0.3, 0.4) is 0 Å². The summed E-state index contributed by atoms with van der Waals surface area (Å²) in [4.78, 5) is 27.6. The number of aromatic amines is 1. The van der Waals surface area contributed by atoms with Gasteiger partial charge in [0.15, 0.2) is 0 Å². The number of nitrogens with one attached hydrogen (secondary N) is 1. The van der Waals surface area contributed by atoms with Crippen LogP contribution in [-0.2, 0) is 26.0 Å². The van der Waals surface area contributed by atoms with Crippen molar-refractivity contribution in [3.8, 4) is 5.75 Å². The van der Waals surface area contributed by atoms with Gasteiger partial charge in [-0.1, -0.05) is 0 Å². The standard InChI is InChI=1S/C25H28N2O7S/c1-3-33-25(29)17-6-9-22(10-7-17)35(30,31)27(16-21-5-4-12-34-21)15-19-13-18-14-20(32-2)8-11-23(18)26-24(19)28/h6-11,13-14,21H,3-5,12,15-16H2,1-2H3,(H,26,28)/t21-/m1/s1. The zero-order valence-corrected chi connectivity index (χ0v) is 20.5. The first-order chi connectivity index (χ1) is 16.8. The number of fused-ring (bicyclic) bond motifs is 1. The number of hydrogen-bond acceptors (Lipinski definition) is 7. The van der Waals surface area contributed by atoms with Crippen molar-refractivity contribution in [2.45, 2.75) is 37.3 Å². The van der Waals surface area contributed by atoms with Gasteiger partial charge in [-0.15, -0.1) is 0 Å². The van der Waals surface area contributed by atoms with E-state index in [9.17, 15) is 18.0 Å². The average Bonchev–Trinajstić information content (AvgIpc) is 3.37. The Balaban J connectivity index is 1.68. The number of hydrogen-bond donors (Lipinski definition) is 1. The molecule has 1 aromatic heterocycles. The molecule has 0 saturated carbocycles. The number of benzene rings is 2. The van der Waals surface area contributed by atoms with Crippen LogP contribution < -0.4 is 10.3 Å². The molecule has 1 fully saturated rings. The highest BCUT2D eigenvalue weighted by Crippen LogP contribution is 2.24. The number of sulfonamides is 1. The SMILES string of the molecule is CCOC(=O)c1ccc(S(=O)(=O)N(Cc2cc3cc(OC)ccc3[nH]c2=O)C[C@H]2CCCO2)cc1. The fraction of sp³-hybridized carbons (Fsp3) is 0.360. The zero-order valence-electron chi connectivity index (χ0n) is 19.7. The molecule has 1 aliphatic rings. The summed E-state index contributed by atoms with van der Waals surface area (Å²) < 4.78 is 44.4. The third kappa shape index (κ3) is 5.55. The molecule has 0 amide bonds. The molecule has 1 aliphatic heterocycles. The third-order valence-corrected chi connectivity index (χ3v) is 7.74. The van der Waals surface area contributed by atoms with Gasteiger partial charge in [-0.05, 0) is 68.3 Å². The first-order valence-electron chi connectivity index (χ1n) is 11.4. The van der Waals surface area contributed by atoms with Crippen LogP contribution in [0.25, 0.3) is 10.9 Å². The Morgan fingerprint density at radius 2 is 1.94 bits per heavy atom. The number of pyridine rings is 1. The highest BCUT2D eigenvalue weighted by molar-refractivity contribution is 7.89. The number of esters is 1. The van der Waals surface area contributed by atoms with Gasteiger partial charge in [-0.2, -0.15) is 4.31 Å². The van der Waals surface area contributed by atoms with Crippen LogP contribution in [0.15, 0.2) is 58.2 Å². The van der Waals surface area contributed by atoms with Crippen LogP contribution in [0.2, 0.25) is 0 Å². The van der Waals surface area contributed by atoms with Crippen molar-refractivity contribution >= 4 is 26.9 Å². The quantitative estimate of drug-likeness (QED) is 0.449. The minimum atomic E-state index is -4.00. The van der Waals surface area contributed by atoms with Gasteiger partial charge in [0.05, 0.1) is 30.3 Å². The highest BCUT2D eigenvalue weighted by atomic mass is 32.2. The van der Waals surface area contributed by atoms with Crippen molar-refractivity contribution in [1.29, 1.82) is 0 Å². The Labute approximate surface area is 203 Å². The van der Waals surface area contributed by atoms with Gasteiger partial charge in [0.2, 0.25) is 10.0 Å². The number of carbonyl (C=O) groups excluding carboxylic acids is 1. The minimum absolute atomic E-state index is 0.0161. The van der Waals surface area contributed by atoms with Crippen LogP contribution in [0.5, 0.6) is 5.75 Å². The first-order valence-corrected chi connectivity index (χ1v) is 12.8. The fourth-order valence-corrected chi connectivity index (χ4v) is 5.50. The van der Waals surface area contributed by atoms with Crippen molar-refractivity contribution in [3.05, 3.63) is 70.0 Å². The molecular formula is C25H28N2O7S. The van der Waals surface area contributed by atoms with E-state index < -0.39 is 16.0 Å². The molecule has 2 aromatic carbocycles. The van der Waals surface area contributed by atoms with Gasteiger partial charge in [0, 0.05) is 36.2 Å². The summed E-state index contributed by atoms with van der Waals surface area (Å²) in [6.07, 6.45) is 1.32. The van der Waals surface area contributed by atoms with E-state index in [2.05, 4.69) is 4.98 Å². The third-order valence-electron chi connectivity index (χ3n) is 5.91. The van der Waals surface area contributed by atoms with Gasteiger partial charge in [0.25, 0.3) is 5.56 Å². The van der Waals surface area contributed by atoms with Crippen LogP contribution >= 0.6 is 0 Å². The van der Waals surface area contributed by atoms with Crippen LogP contribution in [0, 0.1) is 0 Å². The molecule has 9 nitrogen and oxygen atoms in total.